The summed E-state index contributed by atoms with van der Waals surface area (Å²) in [4.78, 5) is 17.3. The molecule has 142 valence electrons. The lowest BCUT2D eigenvalue weighted by Gasteiger charge is -2.18. The predicted octanol–water partition coefficient (Wildman–Crippen LogP) is 4.27. The standard InChI is InChI=1S/C21H17F2N3O2/c1-12-16-11-15(23)7-8-17(16)28-19(12)21(27)25-18(20-24-9-10-26(20)2)13-3-5-14(22)6-4-13/h3-11,18H,1-2H3,(H,25,27). The third-order valence-electron chi connectivity index (χ3n) is 4.70. The van der Waals surface area contributed by atoms with Crippen LogP contribution in [0.5, 0.6) is 0 Å². The van der Waals surface area contributed by atoms with Gasteiger partial charge in [-0.2, -0.15) is 0 Å². The van der Waals surface area contributed by atoms with Gasteiger partial charge < -0.3 is 14.3 Å². The Bertz CT molecular complexity index is 1160. The number of rotatable bonds is 4. The van der Waals surface area contributed by atoms with Crippen LogP contribution in [0.3, 0.4) is 0 Å². The molecule has 1 unspecified atom stereocenters. The number of imidazole rings is 1. The third-order valence-corrected chi connectivity index (χ3v) is 4.70. The molecule has 2 aromatic heterocycles. The van der Waals surface area contributed by atoms with Gasteiger partial charge in [-0.05, 0) is 42.8 Å². The molecule has 0 fully saturated rings. The fourth-order valence-electron chi connectivity index (χ4n) is 3.21. The number of nitrogens with one attached hydrogen (secondary N) is 1. The van der Waals surface area contributed by atoms with Crippen molar-refractivity contribution in [2.45, 2.75) is 13.0 Å². The first-order chi connectivity index (χ1) is 13.4. The number of benzene rings is 2. The van der Waals surface area contributed by atoms with Crippen molar-refractivity contribution < 1.29 is 18.0 Å². The Hall–Kier alpha value is -3.48. The highest BCUT2D eigenvalue weighted by Gasteiger charge is 2.25. The van der Waals surface area contributed by atoms with Gasteiger partial charge in [-0.1, -0.05) is 12.1 Å². The van der Waals surface area contributed by atoms with Gasteiger partial charge >= 0.3 is 0 Å². The summed E-state index contributed by atoms with van der Waals surface area (Å²) in [6, 6.07) is 9.33. The second-order valence-corrected chi connectivity index (χ2v) is 6.55. The molecule has 4 aromatic rings. The maximum atomic E-state index is 13.5. The molecule has 0 aliphatic carbocycles. The fourth-order valence-corrected chi connectivity index (χ4v) is 3.21. The minimum absolute atomic E-state index is 0.0990. The lowest BCUT2D eigenvalue weighted by Crippen LogP contribution is -2.31. The molecule has 1 N–H and O–H groups in total. The first-order valence-corrected chi connectivity index (χ1v) is 8.66. The number of carbonyl (C=O) groups is 1. The Kier molecular flexibility index (Phi) is 4.43. The summed E-state index contributed by atoms with van der Waals surface area (Å²) in [6.07, 6.45) is 3.38. The topological polar surface area (TPSA) is 60.1 Å². The molecule has 1 atom stereocenters. The van der Waals surface area contributed by atoms with Crippen molar-refractivity contribution in [1.82, 2.24) is 14.9 Å². The van der Waals surface area contributed by atoms with Crippen LogP contribution in [-0.2, 0) is 7.05 Å². The molecule has 1 amide bonds. The Balaban J connectivity index is 1.73. The molecule has 0 spiro atoms. The number of hydrogen-bond acceptors (Lipinski definition) is 3. The van der Waals surface area contributed by atoms with E-state index in [-0.39, 0.29) is 11.6 Å². The molecule has 0 bridgehead atoms. The minimum atomic E-state index is -0.613. The normalized spacial score (nSPS) is 12.3. The third kappa shape index (κ3) is 3.15. The van der Waals surface area contributed by atoms with Crippen molar-refractivity contribution in [3.63, 3.8) is 0 Å². The molecule has 2 aromatic carbocycles. The number of fused-ring (bicyclic) bond motifs is 1. The Labute approximate surface area is 159 Å². The van der Waals surface area contributed by atoms with Crippen molar-refractivity contribution in [3.05, 3.63) is 89.2 Å². The van der Waals surface area contributed by atoms with Gasteiger partial charge in [0.05, 0.1) is 0 Å². The molecular formula is C21H17F2N3O2. The Morgan fingerprint density at radius 3 is 2.54 bits per heavy atom. The van der Waals surface area contributed by atoms with E-state index in [9.17, 15) is 13.6 Å². The summed E-state index contributed by atoms with van der Waals surface area (Å²) in [7, 11) is 1.81. The smallest absolute Gasteiger partial charge is 0.288 e. The van der Waals surface area contributed by atoms with Crippen LogP contribution in [0.4, 0.5) is 8.78 Å². The number of hydrogen-bond donors (Lipinski definition) is 1. The number of nitrogens with zero attached hydrogens (tertiary/aromatic N) is 2. The summed E-state index contributed by atoms with van der Waals surface area (Å²) >= 11 is 0. The first kappa shape index (κ1) is 17.9. The van der Waals surface area contributed by atoms with E-state index < -0.39 is 17.8 Å². The van der Waals surface area contributed by atoms with Gasteiger partial charge in [0.25, 0.3) is 5.91 Å². The van der Waals surface area contributed by atoms with Gasteiger partial charge in [0, 0.05) is 30.4 Å². The predicted molar refractivity (Wildman–Crippen MR) is 99.8 cm³/mol. The minimum Gasteiger partial charge on any atom is -0.451 e. The monoisotopic (exact) mass is 381 g/mol. The molecular weight excluding hydrogens is 364 g/mol. The van der Waals surface area contributed by atoms with Crippen molar-refractivity contribution in [1.29, 1.82) is 0 Å². The second kappa shape index (κ2) is 6.92. The van der Waals surface area contributed by atoms with Crippen molar-refractivity contribution >= 4 is 16.9 Å². The van der Waals surface area contributed by atoms with Gasteiger partial charge in [-0.25, -0.2) is 13.8 Å². The first-order valence-electron chi connectivity index (χ1n) is 8.66. The lowest BCUT2D eigenvalue weighted by atomic mass is 10.1. The number of amides is 1. The van der Waals surface area contributed by atoms with Crippen LogP contribution in [0.25, 0.3) is 11.0 Å². The number of carbonyl (C=O) groups excluding carboxylic acids is 1. The molecule has 28 heavy (non-hydrogen) atoms. The van der Waals surface area contributed by atoms with Crippen molar-refractivity contribution in [2.75, 3.05) is 0 Å². The summed E-state index contributed by atoms with van der Waals surface area (Å²) in [5.74, 6) is -0.558. The SMILES string of the molecule is Cc1c(C(=O)NC(c2ccc(F)cc2)c2nccn2C)oc2ccc(F)cc12. The zero-order chi connectivity index (χ0) is 19.8. The van der Waals surface area contributed by atoms with E-state index in [1.54, 1.807) is 43.1 Å². The molecule has 2 heterocycles. The Morgan fingerprint density at radius 1 is 1.14 bits per heavy atom. The lowest BCUT2D eigenvalue weighted by molar-refractivity contribution is 0.0914. The quantitative estimate of drug-likeness (QED) is 0.574. The van der Waals surface area contributed by atoms with E-state index >= 15 is 0 Å². The van der Waals surface area contributed by atoms with Crippen LogP contribution in [0, 0.1) is 18.6 Å². The van der Waals surface area contributed by atoms with Crippen LogP contribution in [0.2, 0.25) is 0 Å². The summed E-state index contributed by atoms with van der Waals surface area (Å²) < 4.78 is 34.3. The summed E-state index contributed by atoms with van der Waals surface area (Å²) in [5, 5.41) is 3.44. The van der Waals surface area contributed by atoms with Crippen LogP contribution >= 0.6 is 0 Å². The Morgan fingerprint density at radius 2 is 1.86 bits per heavy atom. The molecule has 0 saturated carbocycles. The van der Waals surface area contributed by atoms with E-state index in [1.807, 2.05) is 0 Å². The highest BCUT2D eigenvalue weighted by molar-refractivity contribution is 5.99. The van der Waals surface area contributed by atoms with Gasteiger partial charge in [0.15, 0.2) is 5.76 Å². The zero-order valence-corrected chi connectivity index (χ0v) is 15.2. The maximum Gasteiger partial charge on any atom is 0.288 e. The molecule has 7 heteroatoms. The summed E-state index contributed by atoms with van der Waals surface area (Å²) in [5.41, 5.74) is 1.65. The highest BCUT2D eigenvalue weighted by atomic mass is 19.1. The molecule has 0 aliphatic heterocycles. The average molecular weight is 381 g/mol. The molecule has 0 radical (unpaired) electrons. The van der Waals surface area contributed by atoms with Crippen LogP contribution in [0.1, 0.15) is 33.5 Å². The average Bonchev–Trinajstić information content (AvgIpc) is 3.24. The van der Waals surface area contributed by atoms with Crippen LogP contribution in [0.15, 0.2) is 59.3 Å². The van der Waals surface area contributed by atoms with Gasteiger partial charge in [0.1, 0.15) is 29.1 Å². The molecule has 5 nitrogen and oxygen atoms in total. The largest absolute Gasteiger partial charge is 0.451 e. The van der Waals surface area contributed by atoms with Crippen molar-refractivity contribution in [3.8, 4) is 0 Å². The highest BCUT2D eigenvalue weighted by Crippen LogP contribution is 2.27. The van der Waals surface area contributed by atoms with Crippen molar-refractivity contribution in [2.24, 2.45) is 7.05 Å². The van der Waals surface area contributed by atoms with Gasteiger partial charge in [0.2, 0.25) is 0 Å². The van der Waals surface area contributed by atoms with Crippen LogP contribution < -0.4 is 5.32 Å². The maximum absolute atomic E-state index is 13.5. The van der Waals surface area contributed by atoms with Crippen LogP contribution in [-0.4, -0.2) is 15.5 Å². The number of halogens is 2. The van der Waals surface area contributed by atoms with Gasteiger partial charge in [-0.3, -0.25) is 4.79 Å². The van der Waals surface area contributed by atoms with E-state index in [1.165, 1.54) is 30.3 Å². The van der Waals surface area contributed by atoms with Gasteiger partial charge in [-0.15, -0.1) is 0 Å². The fraction of sp³-hybridized carbons (Fsp3) is 0.143. The van der Waals surface area contributed by atoms with E-state index in [0.717, 1.165) is 0 Å². The van der Waals surface area contributed by atoms with E-state index in [2.05, 4.69) is 10.3 Å². The number of aromatic nitrogens is 2. The van der Waals surface area contributed by atoms with E-state index in [4.69, 9.17) is 4.42 Å². The summed E-state index contributed by atoms with van der Waals surface area (Å²) in [6.45, 7) is 1.70. The number of aryl methyl sites for hydroxylation is 2. The van der Waals surface area contributed by atoms with E-state index in [0.29, 0.717) is 27.9 Å². The second-order valence-electron chi connectivity index (χ2n) is 6.55. The molecule has 4 rings (SSSR count). The number of furan rings is 1. The molecule has 0 saturated heterocycles. The zero-order valence-electron chi connectivity index (χ0n) is 15.2. The molecule has 0 aliphatic rings.